The van der Waals surface area contributed by atoms with E-state index in [9.17, 15) is 9.59 Å². The summed E-state index contributed by atoms with van der Waals surface area (Å²) in [5.74, 6) is 1.11. The summed E-state index contributed by atoms with van der Waals surface area (Å²) in [7, 11) is 3.24. The molecule has 0 fully saturated rings. The second-order valence-corrected chi connectivity index (χ2v) is 9.61. The number of hydrogen-bond donors (Lipinski definition) is 0. The number of carbonyl (C=O) groups excluding carboxylic acids is 2. The summed E-state index contributed by atoms with van der Waals surface area (Å²) in [5, 5.41) is 0. The first-order valence-electron chi connectivity index (χ1n) is 13.8. The van der Waals surface area contributed by atoms with Crippen LogP contribution in [0.1, 0.15) is 35.1 Å². The van der Waals surface area contributed by atoms with Crippen LogP contribution in [0.5, 0.6) is 11.5 Å². The number of methoxy groups -OCH3 is 2. The number of aldehydes is 1. The van der Waals surface area contributed by atoms with E-state index in [-0.39, 0.29) is 32.2 Å². The van der Waals surface area contributed by atoms with E-state index in [4.69, 9.17) is 23.7 Å². The molecule has 4 aromatic carbocycles. The fraction of sp³-hybridized carbons (Fsp3) is 0.257. The molecule has 0 aromatic heterocycles. The molecule has 0 aliphatic carbocycles. The van der Waals surface area contributed by atoms with Crippen molar-refractivity contribution < 1.29 is 33.3 Å². The lowest BCUT2D eigenvalue weighted by Gasteiger charge is -2.36. The van der Waals surface area contributed by atoms with Gasteiger partial charge < -0.3 is 28.5 Å². The molecule has 7 heteroatoms. The molecule has 0 saturated carbocycles. The van der Waals surface area contributed by atoms with Crippen LogP contribution in [-0.2, 0) is 36.0 Å². The first kappa shape index (κ1) is 30.5. The van der Waals surface area contributed by atoms with Gasteiger partial charge >= 0.3 is 5.97 Å². The van der Waals surface area contributed by atoms with Crippen molar-refractivity contribution in [2.45, 2.75) is 31.2 Å². The number of ether oxygens (including phenoxy) is 5. The molecule has 0 radical (unpaired) electrons. The monoisotopic (exact) mass is 568 g/mol. The number of rotatable bonds is 16. The van der Waals surface area contributed by atoms with E-state index in [1.807, 2.05) is 109 Å². The largest absolute Gasteiger partial charge is 0.497 e. The highest BCUT2D eigenvalue weighted by molar-refractivity contribution is 5.69. The minimum Gasteiger partial charge on any atom is -0.497 e. The van der Waals surface area contributed by atoms with Crippen molar-refractivity contribution in [1.29, 1.82) is 0 Å². The van der Waals surface area contributed by atoms with Crippen LogP contribution in [0.25, 0.3) is 0 Å². The highest BCUT2D eigenvalue weighted by Gasteiger charge is 2.38. The van der Waals surface area contributed by atoms with Crippen LogP contribution >= 0.6 is 0 Å². The average molecular weight is 569 g/mol. The molecule has 4 rings (SSSR count). The molecule has 0 N–H and O–H groups in total. The predicted octanol–water partition coefficient (Wildman–Crippen LogP) is 6.12. The van der Waals surface area contributed by atoms with Crippen LogP contribution in [0.4, 0.5) is 0 Å². The first-order chi connectivity index (χ1) is 20.6. The lowest BCUT2D eigenvalue weighted by atomic mass is 9.80. The fourth-order valence-electron chi connectivity index (χ4n) is 4.67. The smallest absolute Gasteiger partial charge is 0.306 e. The summed E-state index contributed by atoms with van der Waals surface area (Å²) in [4.78, 5) is 24.2. The molecule has 42 heavy (non-hydrogen) atoms. The van der Waals surface area contributed by atoms with Crippen LogP contribution in [0.15, 0.2) is 109 Å². The summed E-state index contributed by atoms with van der Waals surface area (Å²) in [6.45, 7) is 0.412. The molecule has 1 atom stereocenters. The van der Waals surface area contributed by atoms with Crippen molar-refractivity contribution in [3.63, 3.8) is 0 Å². The Morgan fingerprint density at radius 2 is 1.26 bits per heavy atom. The molecule has 0 heterocycles. The summed E-state index contributed by atoms with van der Waals surface area (Å²) in [5.41, 5.74) is 2.45. The van der Waals surface area contributed by atoms with E-state index in [2.05, 4.69) is 0 Å². The highest BCUT2D eigenvalue weighted by atomic mass is 16.5. The molecule has 0 aliphatic rings. The summed E-state index contributed by atoms with van der Waals surface area (Å²) < 4.78 is 28.7. The van der Waals surface area contributed by atoms with Gasteiger partial charge in [0.2, 0.25) is 0 Å². The van der Waals surface area contributed by atoms with Gasteiger partial charge in [0.1, 0.15) is 29.8 Å². The van der Waals surface area contributed by atoms with Crippen LogP contribution < -0.4 is 9.47 Å². The average Bonchev–Trinajstić information content (AvgIpc) is 3.06. The minimum absolute atomic E-state index is 0.0189. The zero-order chi connectivity index (χ0) is 29.6. The highest BCUT2D eigenvalue weighted by Crippen LogP contribution is 2.41. The molecular formula is C35H36O7. The van der Waals surface area contributed by atoms with Crippen molar-refractivity contribution in [2.75, 3.05) is 27.4 Å². The van der Waals surface area contributed by atoms with Gasteiger partial charge in [0.15, 0.2) is 6.29 Å². The summed E-state index contributed by atoms with van der Waals surface area (Å²) in [6.07, 6.45) is 0.486. The van der Waals surface area contributed by atoms with Gasteiger partial charge in [-0.25, -0.2) is 0 Å². The lowest BCUT2D eigenvalue weighted by molar-refractivity contribution is -0.145. The van der Waals surface area contributed by atoms with Crippen molar-refractivity contribution >= 4 is 12.3 Å². The van der Waals surface area contributed by atoms with Gasteiger partial charge in [-0.2, -0.15) is 0 Å². The van der Waals surface area contributed by atoms with Crippen molar-refractivity contribution in [3.05, 3.63) is 131 Å². The molecule has 0 bridgehead atoms. The normalized spacial score (nSPS) is 11.9. The molecule has 0 saturated heterocycles. The molecular weight excluding hydrogens is 532 g/mol. The Balaban J connectivity index is 1.48. The maximum atomic E-state index is 12.2. The molecule has 0 unspecified atom stereocenters. The third-order valence-corrected chi connectivity index (χ3v) is 6.89. The maximum Gasteiger partial charge on any atom is 0.306 e. The van der Waals surface area contributed by atoms with Gasteiger partial charge in [0.05, 0.1) is 20.8 Å². The number of carbonyl (C=O) groups is 2. The quantitative estimate of drug-likeness (QED) is 0.0697. The Hall–Kier alpha value is -4.46. The van der Waals surface area contributed by atoms with Gasteiger partial charge in [0.25, 0.3) is 0 Å². The zero-order valence-corrected chi connectivity index (χ0v) is 23.9. The van der Waals surface area contributed by atoms with E-state index < -0.39 is 11.7 Å². The fourth-order valence-corrected chi connectivity index (χ4v) is 4.67. The number of hydrogen-bond acceptors (Lipinski definition) is 7. The Morgan fingerprint density at radius 1 is 0.738 bits per heavy atom. The number of benzene rings is 4. The van der Waals surface area contributed by atoms with Gasteiger partial charge in [-0.15, -0.1) is 0 Å². The molecule has 4 aromatic rings. The maximum absolute atomic E-state index is 12.2. The third-order valence-electron chi connectivity index (χ3n) is 6.89. The van der Waals surface area contributed by atoms with Crippen LogP contribution in [0.3, 0.4) is 0 Å². The topological polar surface area (TPSA) is 80.3 Å². The Bertz CT molecular complexity index is 1320. The first-order valence-corrected chi connectivity index (χ1v) is 13.8. The van der Waals surface area contributed by atoms with Gasteiger partial charge in [-0.05, 0) is 52.9 Å². The minimum atomic E-state index is -1.06. The Kier molecular flexibility index (Phi) is 11.3. The van der Waals surface area contributed by atoms with E-state index in [0.717, 1.165) is 28.5 Å². The van der Waals surface area contributed by atoms with Crippen molar-refractivity contribution in [3.8, 4) is 11.5 Å². The summed E-state index contributed by atoms with van der Waals surface area (Å²) >= 11 is 0. The van der Waals surface area contributed by atoms with Gasteiger partial charge in [-0.3, -0.25) is 4.79 Å². The molecule has 0 aliphatic heterocycles. The van der Waals surface area contributed by atoms with E-state index in [0.29, 0.717) is 17.9 Å². The van der Waals surface area contributed by atoms with Crippen LogP contribution in [0, 0.1) is 0 Å². The Labute approximate surface area is 247 Å². The lowest BCUT2D eigenvalue weighted by Crippen LogP contribution is -2.37. The van der Waals surface area contributed by atoms with Gasteiger partial charge in [0, 0.05) is 13.0 Å². The van der Waals surface area contributed by atoms with E-state index in [1.54, 1.807) is 14.2 Å². The van der Waals surface area contributed by atoms with E-state index >= 15 is 0 Å². The Morgan fingerprint density at radius 3 is 1.79 bits per heavy atom. The SMILES string of the molecule is COc1ccc(C(OC[C@@H](C=O)OCCCC(=O)OCc2ccccc2)(c2ccccc2)c2ccc(OC)cc2)cc1. The predicted molar refractivity (Wildman–Crippen MR) is 160 cm³/mol. The number of esters is 1. The molecule has 7 nitrogen and oxygen atoms in total. The van der Waals surface area contributed by atoms with Crippen molar-refractivity contribution in [2.24, 2.45) is 0 Å². The zero-order valence-electron chi connectivity index (χ0n) is 23.9. The standard InChI is InChI=1S/C35H36O7/c1-38-31-19-15-29(16-20-31)35(28-12-7-4-8-13-28,30-17-21-32(39-2)22-18-30)42-26-33(24-36)40-23-9-14-34(37)41-25-27-10-5-3-6-11-27/h3-8,10-13,15-22,24,33H,9,14,23,25-26H2,1-2H3/t33-/m1/s1. The molecule has 0 amide bonds. The van der Waals surface area contributed by atoms with Crippen molar-refractivity contribution in [1.82, 2.24) is 0 Å². The van der Waals surface area contributed by atoms with Crippen LogP contribution in [-0.4, -0.2) is 45.8 Å². The molecule has 218 valence electrons. The van der Waals surface area contributed by atoms with E-state index in [1.165, 1.54) is 0 Å². The van der Waals surface area contributed by atoms with Crippen LogP contribution in [0.2, 0.25) is 0 Å². The second kappa shape index (κ2) is 15.5. The second-order valence-electron chi connectivity index (χ2n) is 9.61. The molecule has 0 spiro atoms. The third kappa shape index (κ3) is 7.84. The summed E-state index contributed by atoms with van der Waals surface area (Å²) in [6, 6.07) is 34.7. The van der Waals surface area contributed by atoms with Gasteiger partial charge in [-0.1, -0.05) is 84.9 Å².